The van der Waals surface area contributed by atoms with Gasteiger partial charge in [0.05, 0.1) is 6.61 Å². The monoisotopic (exact) mass is 277 g/mol. The summed E-state index contributed by atoms with van der Waals surface area (Å²) in [6, 6.07) is 0. The van der Waals surface area contributed by atoms with Gasteiger partial charge in [0, 0.05) is 19.6 Å². The van der Waals surface area contributed by atoms with Crippen molar-refractivity contribution < 1.29 is 24.6 Å². The van der Waals surface area contributed by atoms with Crippen molar-refractivity contribution >= 4 is 5.97 Å². The molecule has 0 saturated heterocycles. The van der Waals surface area contributed by atoms with Crippen LogP contribution in [0.5, 0.6) is 0 Å². The van der Waals surface area contributed by atoms with Gasteiger partial charge in [-0.25, -0.2) is 0 Å². The molecule has 0 spiro atoms. The molecule has 0 heterocycles. The molecule has 0 aromatic carbocycles. The molecule has 7 nitrogen and oxygen atoms in total. The highest BCUT2D eigenvalue weighted by Crippen LogP contribution is 2.03. The van der Waals surface area contributed by atoms with Crippen molar-refractivity contribution in [3.05, 3.63) is 10.1 Å². The molecule has 1 N–H and O–H groups in total. The van der Waals surface area contributed by atoms with Crippen LogP contribution >= 0.6 is 0 Å². The number of carbonyl (C=O) groups is 1. The quantitative estimate of drug-likeness (QED) is 0.297. The highest BCUT2D eigenvalue weighted by molar-refractivity contribution is 5.66. The number of carboxylic acids is 1. The standard InChI is InChI=1S/C12H23NO6/c14-12(15)8-4-3-6-10-18-9-5-1-2-7-11-19-13(16)17/h1-11H2,(H,14,15). The first kappa shape index (κ1) is 17.6. The molecule has 0 aromatic heterocycles. The molecule has 112 valence electrons. The van der Waals surface area contributed by atoms with Crippen molar-refractivity contribution in [3.63, 3.8) is 0 Å². The molecule has 0 aliphatic heterocycles. The van der Waals surface area contributed by atoms with Crippen LogP contribution in [0.15, 0.2) is 0 Å². The number of rotatable bonds is 14. The van der Waals surface area contributed by atoms with Gasteiger partial charge in [-0.1, -0.05) is 19.3 Å². The van der Waals surface area contributed by atoms with E-state index in [9.17, 15) is 14.9 Å². The molecule has 19 heavy (non-hydrogen) atoms. The molecule has 0 aromatic rings. The van der Waals surface area contributed by atoms with Crippen molar-refractivity contribution in [2.75, 3.05) is 19.8 Å². The van der Waals surface area contributed by atoms with E-state index in [0.29, 0.717) is 26.1 Å². The average Bonchev–Trinajstić information content (AvgIpc) is 2.34. The minimum atomic E-state index is -0.770. The van der Waals surface area contributed by atoms with E-state index in [0.717, 1.165) is 32.1 Å². The van der Waals surface area contributed by atoms with Gasteiger partial charge in [-0.15, -0.1) is 10.1 Å². The highest BCUT2D eigenvalue weighted by Gasteiger charge is 1.97. The van der Waals surface area contributed by atoms with Gasteiger partial charge < -0.3 is 14.7 Å². The van der Waals surface area contributed by atoms with Crippen LogP contribution in [-0.4, -0.2) is 36.0 Å². The summed E-state index contributed by atoms with van der Waals surface area (Å²) in [4.78, 5) is 24.3. The second-order valence-corrected chi connectivity index (χ2v) is 4.29. The number of aliphatic carboxylic acids is 1. The highest BCUT2D eigenvalue weighted by atomic mass is 16.9. The number of hydrogen-bond donors (Lipinski definition) is 1. The fraction of sp³-hybridized carbons (Fsp3) is 0.917. The number of carboxylic acid groups (broad SMARTS) is 1. The summed E-state index contributed by atoms with van der Waals surface area (Å²) in [6.07, 6.45) is 6.20. The average molecular weight is 277 g/mol. The van der Waals surface area contributed by atoms with Crippen molar-refractivity contribution in [3.8, 4) is 0 Å². The van der Waals surface area contributed by atoms with Gasteiger partial charge in [0.2, 0.25) is 0 Å². The fourth-order valence-corrected chi connectivity index (χ4v) is 1.56. The van der Waals surface area contributed by atoms with E-state index in [4.69, 9.17) is 9.84 Å². The summed E-state index contributed by atoms with van der Waals surface area (Å²) in [6.45, 7) is 1.52. The first-order valence-electron chi connectivity index (χ1n) is 6.70. The van der Waals surface area contributed by atoms with Gasteiger partial charge in [-0.2, -0.15) is 0 Å². The van der Waals surface area contributed by atoms with Crippen molar-refractivity contribution in [2.24, 2.45) is 0 Å². The van der Waals surface area contributed by atoms with Crippen molar-refractivity contribution in [1.29, 1.82) is 0 Å². The van der Waals surface area contributed by atoms with E-state index in [1.807, 2.05) is 0 Å². The first-order chi connectivity index (χ1) is 9.13. The SMILES string of the molecule is O=C(O)CCCCCOCCCCCCO[N+](=O)[O-]. The third-order valence-electron chi connectivity index (χ3n) is 2.56. The third-order valence-corrected chi connectivity index (χ3v) is 2.56. The summed E-state index contributed by atoms with van der Waals surface area (Å²) in [5, 5.41) is 17.5. The van der Waals surface area contributed by atoms with Crippen LogP contribution in [0.1, 0.15) is 51.4 Å². The topological polar surface area (TPSA) is 98.9 Å². The van der Waals surface area contributed by atoms with Gasteiger partial charge in [0.25, 0.3) is 5.09 Å². The molecule has 0 aliphatic carbocycles. The Balaban J connectivity index is 2.99. The van der Waals surface area contributed by atoms with Crippen LogP contribution in [0, 0.1) is 10.1 Å². The van der Waals surface area contributed by atoms with E-state index in [1.54, 1.807) is 0 Å². The molecule has 0 atom stereocenters. The Morgan fingerprint density at radius 3 is 2.00 bits per heavy atom. The third kappa shape index (κ3) is 16.6. The van der Waals surface area contributed by atoms with Crippen molar-refractivity contribution in [1.82, 2.24) is 0 Å². The zero-order valence-corrected chi connectivity index (χ0v) is 11.2. The fourth-order valence-electron chi connectivity index (χ4n) is 1.56. The maximum absolute atomic E-state index is 10.2. The van der Waals surface area contributed by atoms with Crippen LogP contribution in [-0.2, 0) is 14.4 Å². The number of nitrogens with zero attached hydrogens (tertiary/aromatic N) is 1. The minimum Gasteiger partial charge on any atom is -0.481 e. The largest absolute Gasteiger partial charge is 0.481 e. The molecule has 0 bridgehead atoms. The Hall–Kier alpha value is -1.37. The summed E-state index contributed by atoms with van der Waals surface area (Å²) >= 11 is 0. The zero-order valence-electron chi connectivity index (χ0n) is 11.2. The molecule has 0 amide bonds. The predicted octanol–water partition coefficient (Wildman–Crippen LogP) is 2.42. The Bertz CT molecular complexity index is 222. The number of unbranched alkanes of at least 4 members (excludes halogenated alkanes) is 5. The lowest BCUT2D eigenvalue weighted by Gasteiger charge is -2.04. The van der Waals surface area contributed by atoms with E-state index in [2.05, 4.69) is 4.84 Å². The molecule has 0 aliphatic rings. The van der Waals surface area contributed by atoms with E-state index >= 15 is 0 Å². The predicted molar refractivity (Wildman–Crippen MR) is 68.3 cm³/mol. The summed E-state index contributed by atoms with van der Waals surface area (Å²) < 4.78 is 5.40. The minimum absolute atomic E-state index is 0.164. The number of hydrogen-bond acceptors (Lipinski definition) is 5. The second-order valence-electron chi connectivity index (χ2n) is 4.29. The molecule has 0 fully saturated rings. The summed E-state index contributed by atoms with van der Waals surface area (Å²) in [5.74, 6) is -0.748. The van der Waals surface area contributed by atoms with E-state index in [-0.39, 0.29) is 13.0 Å². The smallest absolute Gasteiger partial charge is 0.303 e. The van der Waals surface area contributed by atoms with Gasteiger partial charge in [-0.3, -0.25) is 4.79 Å². The molecular weight excluding hydrogens is 254 g/mol. The zero-order chi connectivity index (χ0) is 14.3. The molecule has 0 rings (SSSR count). The number of ether oxygens (including phenoxy) is 1. The Morgan fingerprint density at radius 2 is 1.47 bits per heavy atom. The van der Waals surface area contributed by atoms with Gasteiger partial charge >= 0.3 is 5.97 Å². The van der Waals surface area contributed by atoms with Crippen LogP contribution in [0.4, 0.5) is 0 Å². The molecular formula is C12H23NO6. The lowest BCUT2D eigenvalue weighted by atomic mass is 10.2. The Kier molecular flexibility index (Phi) is 12.1. The summed E-state index contributed by atoms with van der Waals surface area (Å²) in [7, 11) is 0. The lowest BCUT2D eigenvalue weighted by Crippen LogP contribution is -2.02. The normalized spacial score (nSPS) is 10.3. The van der Waals surface area contributed by atoms with Crippen LogP contribution in [0.2, 0.25) is 0 Å². The molecule has 0 saturated carbocycles. The van der Waals surface area contributed by atoms with Crippen LogP contribution in [0.25, 0.3) is 0 Å². The molecule has 0 radical (unpaired) electrons. The second kappa shape index (κ2) is 13.1. The summed E-state index contributed by atoms with van der Waals surface area (Å²) in [5.41, 5.74) is 0. The maximum atomic E-state index is 10.2. The van der Waals surface area contributed by atoms with Crippen molar-refractivity contribution in [2.45, 2.75) is 51.4 Å². The first-order valence-corrected chi connectivity index (χ1v) is 6.70. The van der Waals surface area contributed by atoms with Crippen LogP contribution < -0.4 is 0 Å². The van der Waals surface area contributed by atoms with E-state index < -0.39 is 11.1 Å². The molecule has 0 unspecified atom stereocenters. The van der Waals surface area contributed by atoms with Gasteiger partial charge in [-0.05, 0) is 25.7 Å². The maximum Gasteiger partial charge on any atom is 0.303 e. The lowest BCUT2D eigenvalue weighted by molar-refractivity contribution is -0.757. The van der Waals surface area contributed by atoms with Gasteiger partial charge in [0.1, 0.15) is 0 Å². The van der Waals surface area contributed by atoms with Crippen LogP contribution in [0.3, 0.4) is 0 Å². The van der Waals surface area contributed by atoms with E-state index in [1.165, 1.54) is 0 Å². The Labute approximate surface area is 113 Å². The Morgan fingerprint density at radius 1 is 0.947 bits per heavy atom. The van der Waals surface area contributed by atoms with Gasteiger partial charge in [0.15, 0.2) is 0 Å². The molecule has 7 heteroatoms.